The van der Waals surface area contributed by atoms with Gasteiger partial charge in [-0.25, -0.2) is 9.59 Å². The molecule has 2 rings (SSSR count). The van der Waals surface area contributed by atoms with Crippen LogP contribution in [0.3, 0.4) is 0 Å². The molecule has 0 radical (unpaired) electrons. The lowest BCUT2D eigenvalue weighted by molar-refractivity contribution is 0.0526. The quantitative estimate of drug-likeness (QED) is 0.355. The minimum absolute atomic E-state index is 0.164. The fourth-order valence-electron chi connectivity index (χ4n) is 3.66. The first-order valence-corrected chi connectivity index (χ1v) is 12.4. The van der Waals surface area contributed by atoms with E-state index in [0.717, 1.165) is 44.0 Å². The normalized spacial score (nSPS) is 12.4. The van der Waals surface area contributed by atoms with Crippen LogP contribution in [0.25, 0.3) is 10.9 Å². The maximum atomic E-state index is 12.7. The number of nitrogens with zero attached hydrogens (tertiary/aromatic N) is 1. The average molecular weight is 475 g/mol. The Balaban J connectivity index is 1.82. The summed E-state index contributed by atoms with van der Waals surface area (Å²) in [7, 11) is 0. The fourth-order valence-corrected chi connectivity index (χ4v) is 3.66. The fraction of sp³-hybridized carbons (Fsp3) is 0.615. The van der Waals surface area contributed by atoms with E-state index in [2.05, 4.69) is 23.3 Å². The van der Waals surface area contributed by atoms with Gasteiger partial charge in [0.05, 0.1) is 6.61 Å². The molecule has 2 aromatic rings. The van der Waals surface area contributed by atoms with Crippen molar-refractivity contribution >= 4 is 23.1 Å². The van der Waals surface area contributed by atoms with Crippen molar-refractivity contribution in [3.63, 3.8) is 0 Å². The number of benzene rings is 1. The number of fused-ring (bicyclic) bond motifs is 1. The predicted molar refractivity (Wildman–Crippen MR) is 136 cm³/mol. The minimum Gasteiger partial charge on any atom is -0.449 e. The molecule has 0 fully saturated rings. The SMILES string of the molecule is CCCCOC(=O)N(CCc1c[nH]c2ccccc12)C[C@@H](N)CCCCNC(=O)OC(C)(C)C. The average Bonchev–Trinajstić information content (AvgIpc) is 3.18. The summed E-state index contributed by atoms with van der Waals surface area (Å²) in [4.78, 5) is 29.4. The molecular weight excluding hydrogens is 432 g/mol. The molecule has 8 nitrogen and oxygen atoms in total. The second kappa shape index (κ2) is 13.8. The van der Waals surface area contributed by atoms with E-state index in [1.54, 1.807) is 4.90 Å². The van der Waals surface area contributed by atoms with E-state index in [1.165, 1.54) is 10.9 Å². The number of hydrogen-bond acceptors (Lipinski definition) is 5. The van der Waals surface area contributed by atoms with Crippen molar-refractivity contribution in [3.05, 3.63) is 36.0 Å². The van der Waals surface area contributed by atoms with Gasteiger partial charge in [0.25, 0.3) is 0 Å². The van der Waals surface area contributed by atoms with Crippen molar-refractivity contribution in [2.45, 2.75) is 77.9 Å². The second-order valence-electron chi connectivity index (χ2n) is 9.71. The standard InChI is InChI=1S/C26H42N4O4/c1-5-6-17-33-25(32)30(16-14-20-18-29-23-13-8-7-12-22(20)23)19-21(27)11-9-10-15-28-24(31)34-26(2,3)4/h7-8,12-13,18,21,29H,5-6,9-11,14-17,19,27H2,1-4H3,(H,28,31)/t21-/m0/s1. The molecule has 0 aliphatic heterocycles. The van der Waals surface area contributed by atoms with Crippen LogP contribution in [0.15, 0.2) is 30.5 Å². The van der Waals surface area contributed by atoms with Gasteiger partial charge in [0, 0.05) is 42.8 Å². The molecule has 2 amide bonds. The van der Waals surface area contributed by atoms with Crippen molar-refractivity contribution in [1.29, 1.82) is 0 Å². The number of unbranched alkanes of at least 4 members (excludes halogenated alkanes) is 2. The van der Waals surface area contributed by atoms with Gasteiger partial charge in [0.2, 0.25) is 0 Å². The third-order valence-electron chi connectivity index (χ3n) is 5.43. The molecule has 8 heteroatoms. The van der Waals surface area contributed by atoms with Crippen LogP contribution in [0, 0.1) is 0 Å². The van der Waals surface area contributed by atoms with Gasteiger partial charge in [-0.05, 0) is 58.1 Å². The highest BCUT2D eigenvalue weighted by atomic mass is 16.6. The van der Waals surface area contributed by atoms with Crippen molar-refractivity contribution in [2.24, 2.45) is 5.73 Å². The van der Waals surface area contributed by atoms with Crippen LogP contribution in [0.1, 0.15) is 65.4 Å². The number of para-hydroxylation sites is 1. The number of nitrogens with one attached hydrogen (secondary N) is 2. The first-order valence-electron chi connectivity index (χ1n) is 12.4. The molecule has 0 aliphatic carbocycles. The number of hydrogen-bond donors (Lipinski definition) is 3. The van der Waals surface area contributed by atoms with Crippen LogP contribution in [-0.2, 0) is 15.9 Å². The molecule has 1 aromatic heterocycles. The first kappa shape index (κ1) is 27.5. The maximum Gasteiger partial charge on any atom is 0.409 e. The molecule has 1 aromatic carbocycles. The first-order chi connectivity index (χ1) is 16.2. The summed E-state index contributed by atoms with van der Waals surface area (Å²) in [5.74, 6) is 0. The Morgan fingerprint density at radius 3 is 2.68 bits per heavy atom. The summed E-state index contributed by atoms with van der Waals surface area (Å²) >= 11 is 0. The zero-order valence-corrected chi connectivity index (χ0v) is 21.2. The topological polar surface area (TPSA) is 110 Å². The molecule has 4 N–H and O–H groups in total. The number of H-pyrrole nitrogens is 1. The van der Waals surface area contributed by atoms with Gasteiger partial charge >= 0.3 is 12.2 Å². The highest BCUT2D eigenvalue weighted by Gasteiger charge is 2.19. The van der Waals surface area contributed by atoms with Gasteiger partial charge in [-0.15, -0.1) is 0 Å². The molecule has 0 bridgehead atoms. The number of amides is 2. The number of rotatable bonds is 13. The Morgan fingerprint density at radius 2 is 1.94 bits per heavy atom. The highest BCUT2D eigenvalue weighted by Crippen LogP contribution is 2.18. The van der Waals surface area contributed by atoms with Crippen LogP contribution < -0.4 is 11.1 Å². The summed E-state index contributed by atoms with van der Waals surface area (Å²) in [5, 5.41) is 3.93. The summed E-state index contributed by atoms with van der Waals surface area (Å²) < 4.78 is 10.7. The number of carbonyl (C=O) groups excluding carboxylic acids is 2. The number of ether oxygens (including phenoxy) is 2. The summed E-state index contributed by atoms with van der Waals surface area (Å²) in [6.07, 6.45) is 6.22. The monoisotopic (exact) mass is 474 g/mol. The summed E-state index contributed by atoms with van der Waals surface area (Å²) in [6, 6.07) is 7.99. The lowest BCUT2D eigenvalue weighted by atomic mass is 10.1. The van der Waals surface area contributed by atoms with Crippen LogP contribution in [0.5, 0.6) is 0 Å². The smallest absolute Gasteiger partial charge is 0.409 e. The minimum atomic E-state index is -0.506. The Labute approximate surface area is 203 Å². The van der Waals surface area contributed by atoms with E-state index >= 15 is 0 Å². The highest BCUT2D eigenvalue weighted by molar-refractivity contribution is 5.83. The number of aromatic nitrogens is 1. The Bertz CT molecular complexity index is 890. The van der Waals surface area contributed by atoms with Gasteiger partial charge in [-0.1, -0.05) is 38.0 Å². The van der Waals surface area contributed by atoms with Crippen LogP contribution in [0.4, 0.5) is 9.59 Å². The number of aromatic amines is 1. The zero-order valence-electron chi connectivity index (χ0n) is 21.2. The molecule has 34 heavy (non-hydrogen) atoms. The molecule has 190 valence electrons. The summed E-state index contributed by atoms with van der Waals surface area (Å²) in [5.41, 5.74) is 8.12. The van der Waals surface area contributed by atoms with Crippen LogP contribution in [-0.4, -0.2) is 60.0 Å². The van der Waals surface area contributed by atoms with Crippen molar-refractivity contribution < 1.29 is 19.1 Å². The predicted octanol–water partition coefficient (Wildman–Crippen LogP) is 4.97. The van der Waals surface area contributed by atoms with E-state index in [9.17, 15) is 9.59 Å². The lowest BCUT2D eigenvalue weighted by Crippen LogP contribution is -2.42. The third-order valence-corrected chi connectivity index (χ3v) is 5.43. The van der Waals surface area contributed by atoms with Gasteiger partial charge in [-0.2, -0.15) is 0 Å². The maximum absolute atomic E-state index is 12.7. The van der Waals surface area contributed by atoms with Gasteiger partial charge < -0.3 is 30.4 Å². The molecule has 0 saturated carbocycles. The molecular formula is C26H42N4O4. The Kier molecular flexibility index (Phi) is 11.2. The molecule has 1 heterocycles. The van der Waals surface area contributed by atoms with E-state index in [-0.39, 0.29) is 12.1 Å². The lowest BCUT2D eigenvalue weighted by Gasteiger charge is -2.25. The number of carbonyl (C=O) groups is 2. The van der Waals surface area contributed by atoms with E-state index < -0.39 is 11.7 Å². The zero-order chi connectivity index (χ0) is 25.0. The largest absolute Gasteiger partial charge is 0.449 e. The van der Waals surface area contributed by atoms with Crippen molar-refractivity contribution in [2.75, 3.05) is 26.2 Å². The van der Waals surface area contributed by atoms with Crippen LogP contribution >= 0.6 is 0 Å². The van der Waals surface area contributed by atoms with E-state index in [0.29, 0.717) is 26.2 Å². The van der Waals surface area contributed by atoms with E-state index in [4.69, 9.17) is 15.2 Å². The third kappa shape index (κ3) is 10.0. The van der Waals surface area contributed by atoms with Crippen LogP contribution in [0.2, 0.25) is 0 Å². The number of nitrogens with two attached hydrogens (primary N) is 1. The van der Waals surface area contributed by atoms with Gasteiger partial charge in [0.15, 0.2) is 0 Å². The molecule has 1 atom stereocenters. The van der Waals surface area contributed by atoms with Crippen molar-refractivity contribution in [1.82, 2.24) is 15.2 Å². The molecule has 0 aliphatic rings. The Morgan fingerprint density at radius 1 is 1.18 bits per heavy atom. The van der Waals surface area contributed by atoms with Gasteiger partial charge in [-0.3, -0.25) is 0 Å². The Hall–Kier alpha value is -2.74. The van der Waals surface area contributed by atoms with Crippen molar-refractivity contribution in [3.8, 4) is 0 Å². The van der Waals surface area contributed by atoms with Gasteiger partial charge in [0.1, 0.15) is 5.60 Å². The molecule has 0 saturated heterocycles. The molecule has 0 unspecified atom stereocenters. The summed E-state index contributed by atoms with van der Waals surface area (Å²) in [6.45, 7) is 9.51. The second-order valence-corrected chi connectivity index (χ2v) is 9.71. The number of alkyl carbamates (subject to hydrolysis) is 1. The molecule has 0 spiro atoms. The van der Waals surface area contributed by atoms with E-state index in [1.807, 2.05) is 45.2 Å².